The minimum atomic E-state index is -0.308. The van der Waals surface area contributed by atoms with Crippen LogP contribution in [0.25, 0.3) is 10.9 Å². The van der Waals surface area contributed by atoms with E-state index in [1.54, 1.807) is 24.3 Å². The van der Waals surface area contributed by atoms with E-state index in [-0.39, 0.29) is 17.9 Å². The molecular weight excluding hydrogens is 352 g/mol. The van der Waals surface area contributed by atoms with Crippen LogP contribution in [-0.4, -0.2) is 25.3 Å². The standard InChI is InChI=1S/C22H20N4O2/c1-15-12-19(16(2)25(15)13-17-8-4-3-5-9-17)21(27)14-26-22(28)18-10-6-7-11-20(18)23-24-26/h3-12H,13-14H2,1-2H3. The quantitative estimate of drug-likeness (QED) is 0.505. The summed E-state index contributed by atoms with van der Waals surface area (Å²) in [5.41, 5.74) is 3.87. The van der Waals surface area contributed by atoms with Crippen molar-refractivity contribution >= 4 is 16.7 Å². The largest absolute Gasteiger partial charge is 0.344 e. The molecule has 0 radical (unpaired) electrons. The first-order valence-electron chi connectivity index (χ1n) is 9.11. The highest BCUT2D eigenvalue weighted by Gasteiger charge is 2.18. The Balaban J connectivity index is 1.63. The first kappa shape index (κ1) is 17.9. The average Bonchev–Trinajstić information content (AvgIpc) is 2.99. The van der Waals surface area contributed by atoms with E-state index in [4.69, 9.17) is 0 Å². The van der Waals surface area contributed by atoms with Gasteiger partial charge in [0.05, 0.1) is 5.39 Å². The number of carbonyl (C=O) groups excluding carboxylic acids is 1. The van der Waals surface area contributed by atoms with Gasteiger partial charge in [-0.1, -0.05) is 47.7 Å². The molecular formula is C22H20N4O2. The van der Waals surface area contributed by atoms with Gasteiger partial charge in [0.15, 0.2) is 5.78 Å². The van der Waals surface area contributed by atoms with Crippen LogP contribution in [0.5, 0.6) is 0 Å². The van der Waals surface area contributed by atoms with Crippen LogP contribution in [0.1, 0.15) is 27.3 Å². The maximum absolute atomic E-state index is 12.9. The molecule has 6 nitrogen and oxygen atoms in total. The molecule has 0 saturated carbocycles. The van der Waals surface area contributed by atoms with E-state index in [2.05, 4.69) is 27.0 Å². The molecule has 0 aliphatic carbocycles. The maximum atomic E-state index is 12.9. The van der Waals surface area contributed by atoms with Gasteiger partial charge in [-0.15, -0.1) is 5.10 Å². The summed E-state index contributed by atoms with van der Waals surface area (Å²) in [7, 11) is 0. The van der Waals surface area contributed by atoms with Gasteiger partial charge in [0.25, 0.3) is 5.56 Å². The Morgan fingerprint density at radius 3 is 2.50 bits per heavy atom. The Hall–Kier alpha value is -3.54. The van der Waals surface area contributed by atoms with Crippen LogP contribution in [0.15, 0.2) is 65.5 Å². The van der Waals surface area contributed by atoms with E-state index in [0.717, 1.165) is 16.1 Å². The number of Topliss-reactive ketones (excluding diaryl/α,β-unsaturated/α-hetero) is 1. The molecule has 2 aromatic carbocycles. The van der Waals surface area contributed by atoms with Gasteiger partial charge in [-0.2, -0.15) is 0 Å². The fourth-order valence-electron chi connectivity index (χ4n) is 3.44. The second-order valence-electron chi connectivity index (χ2n) is 6.85. The van der Waals surface area contributed by atoms with E-state index < -0.39 is 0 Å². The van der Waals surface area contributed by atoms with Gasteiger partial charge in [-0.25, -0.2) is 4.68 Å². The van der Waals surface area contributed by atoms with Crippen LogP contribution in [0.3, 0.4) is 0 Å². The molecule has 6 heteroatoms. The first-order valence-corrected chi connectivity index (χ1v) is 9.11. The molecule has 2 aromatic heterocycles. The predicted molar refractivity (Wildman–Crippen MR) is 108 cm³/mol. The van der Waals surface area contributed by atoms with Crippen LogP contribution in [0.2, 0.25) is 0 Å². The Labute approximate surface area is 162 Å². The van der Waals surface area contributed by atoms with Gasteiger partial charge in [-0.05, 0) is 37.6 Å². The normalized spacial score (nSPS) is 11.1. The number of aryl methyl sites for hydroxylation is 1. The molecule has 28 heavy (non-hydrogen) atoms. The zero-order valence-electron chi connectivity index (χ0n) is 15.8. The number of hydrogen-bond donors (Lipinski definition) is 0. The summed E-state index contributed by atoms with van der Waals surface area (Å²) < 4.78 is 3.24. The molecule has 0 amide bonds. The lowest BCUT2D eigenvalue weighted by molar-refractivity contribution is 0.0964. The zero-order valence-corrected chi connectivity index (χ0v) is 15.8. The number of rotatable bonds is 5. The molecule has 0 unspecified atom stereocenters. The maximum Gasteiger partial charge on any atom is 0.278 e. The molecule has 0 bridgehead atoms. The van der Waals surface area contributed by atoms with Gasteiger partial charge in [0, 0.05) is 23.5 Å². The number of hydrogen-bond acceptors (Lipinski definition) is 4. The summed E-state index contributed by atoms with van der Waals surface area (Å²) in [6.45, 7) is 4.47. The monoisotopic (exact) mass is 372 g/mol. The van der Waals surface area contributed by atoms with Gasteiger partial charge in [0.2, 0.25) is 0 Å². The van der Waals surface area contributed by atoms with Crippen LogP contribution < -0.4 is 5.56 Å². The van der Waals surface area contributed by atoms with Gasteiger partial charge in [-0.3, -0.25) is 9.59 Å². The summed E-state index contributed by atoms with van der Waals surface area (Å²) in [6.07, 6.45) is 0. The van der Waals surface area contributed by atoms with Crippen molar-refractivity contribution in [2.45, 2.75) is 26.9 Å². The number of benzene rings is 2. The van der Waals surface area contributed by atoms with Crippen LogP contribution >= 0.6 is 0 Å². The highest BCUT2D eigenvalue weighted by atomic mass is 16.1. The first-order chi connectivity index (χ1) is 13.5. The van der Waals surface area contributed by atoms with Crippen LogP contribution in [0.4, 0.5) is 0 Å². The summed E-state index contributed by atoms with van der Waals surface area (Å²) in [5, 5.41) is 8.43. The van der Waals surface area contributed by atoms with Gasteiger partial charge < -0.3 is 4.57 Å². The van der Waals surface area contributed by atoms with E-state index in [1.807, 2.05) is 38.1 Å². The van der Waals surface area contributed by atoms with Crippen molar-refractivity contribution in [2.75, 3.05) is 0 Å². The topological polar surface area (TPSA) is 69.8 Å². The van der Waals surface area contributed by atoms with Crippen molar-refractivity contribution in [1.29, 1.82) is 0 Å². The molecule has 0 aliphatic heterocycles. The van der Waals surface area contributed by atoms with Crippen LogP contribution in [-0.2, 0) is 13.1 Å². The highest BCUT2D eigenvalue weighted by Crippen LogP contribution is 2.18. The third kappa shape index (κ3) is 3.24. The van der Waals surface area contributed by atoms with Crippen molar-refractivity contribution in [1.82, 2.24) is 19.6 Å². The molecule has 0 fully saturated rings. The van der Waals surface area contributed by atoms with Crippen molar-refractivity contribution in [2.24, 2.45) is 0 Å². The molecule has 4 aromatic rings. The number of fused-ring (bicyclic) bond motifs is 1. The molecule has 0 spiro atoms. The van der Waals surface area contributed by atoms with Crippen molar-refractivity contribution in [3.63, 3.8) is 0 Å². The lowest BCUT2D eigenvalue weighted by Crippen LogP contribution is -2.28. The molecule has 0 N–H and O–H groups in total. The van der Waals surface area contributed by atoms with E-state index >= 15 is 0 Å². The third-order valence-electron chi connectivity index (χ3n) is 4.98. The smallest absolute Gasteiger partial charge is 0.278 e. The van der Waals surface area contributed by atoms with Gasteiger partial charge >= 0.3 is 0 Å². The minimum Gasteiger partial charge on any atom is -0.344 e. The number of nitrogens with zero attached hydrogens (tertiary/aromatic N) is 4. The molecule has 2 heterocycles. The lowest BCUT2D eigenvalue weighted by Gasteiger charge is -2.10. The fraction of sp³-hybridized carbons (Fsp3) is 0.182. The summed E-state index contributed by atoms with van der Waals surface area (Å²) in [4.78, 5) is 25.5. The lowest BCUT2D eigenvalue weighted by atomic mass is 10.1. The zero-order chi connectivity index (χ0) is 19.7. The molecule has 0 atom stereocenters. The highest BCUT2D eigenvalue weighted by molar-refractivity contribution is 5.97. The average molecular weight is 372 g/mol. The van der Waals surface area contributed by atoms with Crippen molar-refractivity contribution in [3.8, 4) is 0 Å². The van der Waals surface area contributed by atoms with Crippen LogP contribution in [0, 0.1) is 13.8 Å². The molecule has 0 saturated heterocycles. The minimum absolute atomic E-state index is 0.133. The SMILES string of the molecule is Cc1cc(C(=O)Cn2nnc3ccccc3c2=O)c(C)n1Cc1ccccc1. The number of ketones is 1. The Morgan fingerprint density at radius 2 is 1.71 bits per heavy atom. The molecule has 4 rings (SSSR count). The summed E-state index contributed by atoms with van der Waals surface area (Å²) in [5.74, 6) is -0.154. The van der Waals surface area contributed by atoms with E-state index in [0.29, 0.717) is 23.0 Å². The third-order valence-corrected chi connectivity index (χ3v) is 4.98. The second kappa shape index (κ2) is 7.23. The van der Waals surface area contributed by atoms with E-state index in [1.165, 1.54) is 5.56 Å². The van der Waals surface area contributed by atoms with E-state index in [9.17, 15) is 9.59 Å². The Bertz CT molecular complexity index is 1220. The van der Waals surface area contributed by atoms with Gasteiger partial charge in [0.1, 0.15) is 12.1 Å². The predicted octanol–water partition coefficient (Wildman–Crippen LogP) is 3.14. The fourth-order valence-corrected chi connectivity index (χ4v) is 3.44. The van der Waals surface area contributed by atoms with Crippen molar-refractivity contribution < 1.29 is 4.79 Å². The number of carbonyl (C=O) groups is 1. The number of aromatic nitrogens is 4. The molecule has 140 valence electrons. The Kier molecular flexibility index (Phi) is 4.61. The summed E-state index contributed by atoms with van der Waals surface area (Å²) in [6, 6.07) is 19.0. The second-order valence-corrected chi connectivity index (χ2v) is 6.85. The Morgan fingerprint density at radius 1 is 1.00 bits per heavy atom. The molecule has 0 aliphatic rings. The summed E-state index contributed by atoms with van der Waals surface area (Å²) >= 11 is 0. The van der Waals surface area contributed by atoms with Crippen molar-refractivity contribution in [3.05, 3.63) is 93.5 Å².